The van der Waals surface area contributed by atoms with Crippen molar-refractivity contribution in [2.45, 2.75) is 25.9 Å². The average Bonchev–Trinajstić information content (AvgIpc) is 3.09. The van der Waals surface area contributed by atoms with Gasteiger partial charge >= 0.3 is 0 Å². The molecular formula is C21H23N3O4. The van der Waals surface area contributed by atoms with Crippen molar-refractivity contribution in [3.05, 3.63) is 53.9 Å². The van der Waals surface area contributed by atoms with Gasteiger partial charge in [0.15, 0.2) is 11.5 Å². The molecule has 1 saturated heterocycles. The molecule has 0 saturated carbocycles. The van der Waals surface area contributed by atoms with Crippen LogP contribution in [0.15, 0.2) is 42.6 Å². The summed E-state index contributed by atoms with van der Waals surface area (Å²) in [6.07, 6.45) is 1.93. The molecule has 0 bridgehead atoms. The molecule has 0 spiro atoms. The quantitative estimate of drug-likeness (QED) is 0.858. The summed E-state index contributed by atoms with van der Waals surface area (Å²) in [5, 5.41) is 3.02. The highest BCUT2D eigenvalue weighted by Gasteiger charge is 2.35. The van der Waals surface area contributed by atoms with E-state index in [1.807, 2.05) is 43.3 Å². The fourth-order valence-electron chi connectivity index (χ4n) is 3.53. The third kappa shape index (κ3) is 3.93. The SMILES string of the molecule is CC(NC(=O)C1CC(=O)N(Cc2ccccn2)C1)c1ccc2c(c1)OCCO2. The number of hydrogen-bond acceptors (Lipinski definition) is 5. The third-order valence-electron chi connectivity index (χ3n) is 5.09. The van der Waals surface area contributed by atoms with E-state index in [1.165, 1.54) is 0 Å². The van der Waals surface area contributed by atoms with Crippen LogP contribution < -0.4 is 14.8 Å². The van der Waals surface area contributed by atoms with E-state index >= 15 is 0 Å². The van der Waals surface area contributed by atoms with Gasteiger partial charge in [-0.3, -0.25) is 14.6 Å². The van der Waals surface area contributed by atoms with Crippen LogP contribution in [0.25, 0.3) is 0 Å². The number of benzene rings is 1. The molecule has 3 heterocycles. The molecule has 2 aliphatic heterocycles. The minimum Gasteiger partial charge on any atom is -0.486 e. The second-order valence-corrected chi connectivity index (χ2v) is 7.13. The van der Waals surface area contributed by atoms with E-state index in [2.05, 4.69) is 10.3 Å². The van der Waals surface area contributed by atoms with Gasteiger partial charge in [-0.2, -0.15) is 0 Å². The molecule has 1 N–H and O–H groups in total. The van der Waals surface area contributed by atoms with E-state index in [9.17, 15) is 9.59 Å². The number of amides is 2. The maximum absolute atomic E-state index is 12.7. The normalized spacial score (nSPS) is 19.4. The highest BCUT2D eigenvalue weighted by Crippen LogP contribution is 2.32. The molecule has 1 aromatic carbocycles. The third-order valence-corrected chi connectivity index (χ3v) is 5.09. The van der Waals surface area contributed by atoms with E-state index in [-0.39, 0.29) is 30.2 Å². The number of pyridine rings is 1. The minimum atomic E-state index is -0.351. The maximum Gasteiger partial charge on any atom is 0.225 e. The van der Waals surface area contributed by atoms with E-state index < -0.39 is 0 Å². The van der Waals surface area contributed by atoms with Crippen molar-refractivity contribution in [3.8, 4) is 11.5 Å². The Morgan fingerprint density at radius 1 is 1.25 bits per heavy atom. The van der Waals surface area contributed by atoms with E-state index in [1.54, 1.807) is 11.1 Å². The zero-order chi connectivity index (χ0) is 19.5. The molecule has 7 nitrogen and oxygen atoms in total. The monoisotopic (exact) mass is 381 g/mol. The first-order valence-corrected chi connectivity index (χ1v) is 9.48. The molecule has 0 radical (unpaired) electrons. The number of nitrogens with one attached hydrogen (secondary N) is 1. The Morgan fingerprint density at radius 2 is 2.07 bits per heavy atom. The topological polar surface area (TPSA) is 80.8 Å². The van der Waals surface area contributed by atoms with Crippen LogP contribution in [0.5, 0.6) is 11.5 Å². The number of carbonyl (C=O) groups is 2. The Bertz CT molecular complexity index is 871. The van der Waals surface area contributed by atoms with Crippen LogP contribution in [-0.2, 0) is 16.1 Å². The molecule has 1 fully saturated rings. The predicted molar refractivity (Wildman–Crippen MR) is 102 cm³/mol. The molecule has 2 aromatic rings. The Hall–Kier alpha value is -3.09. The Kier molecular flexibility index (Phi) is 5.14. The molecule has 2 aliphatic rings. The number of carbonyl (C=O) groups excluding carboxylic acids is 2. The van der Waals surface area contributed by atoms with Crippen LogP contribution in [0.4, 0.5) is 0 Å². The molecular weight excluding hydrogens is 358 g/mol. The molecule has 1 aromatic heterocycles. The summed E-state index contributed by atoms with van der Waals surface area (Å²) in [7, 11) is 0. The van der Waals surface area contributed by atoms with Crippen molar-refractivity contribution >= 4 is 11.8 Å². The first kappa shape index (κ1) is 18.3. The van der Waals surface area contributed by atoms with E-state index in [0.717, 1.165) is 17.0 Å². The molecule has 2 unspecified atom stereocenters. The average molecular weight is 381 g/mol. The number of ether oxygens (including phenoxy) is 2. The van der Waals surface area contributed by atoms with Crippen molar-refractivity contribution in [1.82, 2.24) is 15.2 Å². The number of nitrogens with zero attached hydrogens (tertiary/aromatic N) is 2. The van der Waals surface area contributed by atoms with E-state index in [0.29, 0.717) is 32.1 Å². The largest absolute Gasteiger partial charge is 0.486 e. The van der Waals surface area contributed by atoms with Gasteiger partial charge in [-0.25, -0.2) is 0 Å². The van der Waals surface area contributed by atoms with Crippen molar-refractivity contribution in [2.24, 2.45) is 5.92 Å². The van der Waals surface area contributed by atoms with Crippen LogP contribution in [0.3, 0.4) is 0 Å². The molecule has 146 valence electrons. The van der Waals surface area contributed by atoms with Gasteiger partial charge in [0.05, 0.1) is 24.2 Å². The second-order valence-electron chi connectivity index (χ2n) is 7.13. The van der Waals surface area contributed by atoms with Crippen molar-refractivity contribution in [3.63, 3.8) is 0 Å². The van der Waals surface area contributed by atoms with Crippen molar-refractivity contribution < 1.29 is 19.1 Å². The first-order chi connectivity index (χ1) is 13.6. The highest BCUT2D eigenvalue weighted by atomic mass is 16.6. The lowest BCUT2D eigenvalue weighted by molar-refractivity contribution is -0.129. The van der Waals surface area contributed by atoms with Gasteiger partial charge in [-0.1, -0.05) is 12.1 Å². The van der Waals surface area contributed by atoms with E-state index in [4.69, 9.17) is 9.47 Å². The highest BCUT2D eigenvalue weighted by molar-refractivity contribution is 5.89. The lowest BCUT2D eigenvalue weighted by Crippen LogP contribution is -2.34. The second kappa shape index (κ2) is 7.88. The van der Waals surface area contributed by atoms with Crippen LogP contribution in [0, 0.1) is 5.92 Å². The number of likely N-dealkylation sites (tertiary alicyclic amines) is 1. The number of fused-ring (bicyclic) bond motifs is 1. The number of hydrogen-bond donors (Lipinski definition) is 1. The summed E-state index contributed by atoms with van der Waals surface area (Å²) in [6.45, 7) is 3.83. The first-order valence-electron chi connectivity index (χ1n) is 9.48. The fraction of sp³-hybridized carbons (Fsp3) is 0.381. The van der Waals surface area contributed by atoms with Gasteiger partial charge in [0.2, 0.25) is 11.8 Å². The van der Waals surface area contributed by atoms with Crippen molar-refractivity contribution in [1.29, 1.82) is 0 Å². The summed E-state index contributed by atoms with van der Waals surface area (Å²) in [5.74, 6) is 0.940. The molecule has 4 rings (SSSR count). The standard InChI is InChI=1S/C21H23N3O4/c1-14(15-5-6-18-19(10-15)28-9-8-27-18)23-21(26)16-11-20(25)24(12-16)13-17-4-2-3-7-22-17/h2-7,10,14,16H,8-9,11-13H2,1H3,(H,23,26). The van der Waals surface area contributed by atoms with Gasteiger partial charge in [0.25, 0.3) is 0 Å². The molecule has 2 amide bonds. The summed E-state index contributed by atoms with van der Waals surface area (Å²) >= 11 is 0. The van der Waals surface area contributed by atoms with Crippen LogP contribution >= 0.6 is 0 Å². The van der Waals surface area contributed by atoms with Gasteiger partial charge in [0.1, 0.15) is 13.2 Å². The lowest BCUT2D eigenvalue weighted by atomic mass is 10.0. The zero-order valence-corrected chi connectivity index (χ0v) is 15.8. The Labute approximate surface area is 163 Å². The van der Waals surface area contributed by atoms with Crippen LogP contribution in [-0.4, -0.2) is 41.5 Å². The summed E-state index contributed by atoms with van der Waals surface area (Å²) in [6, 6.07) is 11.1. The smallest absolute Gasteiger partial charge is 0.225 e. The fourth-order valence-corrected chi connectivity index (χ4v) is 3.53. The zero-order valence-electron chi connectivity index (χ0n) is 15.8. The molecule has 7 heteroatoms. The van der Waals surface area contributed by atoms with Gasteiger partial charge in [-0.15, -0.1) is 0 Å². The number of aromatic nitrogens is 1. The predicted octanol–water partition coefficient (Wildman–Crippen LogP) is 2.08. The minimum absolute atomic E-state index is 0.0159. The van der Waals surface area contributed by atoms with Crippen LogP contribution in [0.2, 0.25) is 0 Å². The lowest BCUT2D eigenvalue weighted by Gasteiger charge is -2.22. The summed E-state index contributed by atoms with van der Waals surface area (Å²) in [5.41, 5.74) is 1.76. The van der Waals surface area contributed by atoms with Gasteiger partial charge in [0, 0.05) is 19.2 Å². The maximum atomic E-state index is 12.7. The van der Waals surface area contributed by atoms with Gasteiger partial charge < -0.3 is 19.7 Å². The van der Waals surface area contributed by atoms with Crippen molar-refractivity contribution in [2.75, 3.05) is 19.8 Å². The van der Waals surface area contributed by atoms with Gasteiger partial charge in [-0.05, 0) is 36.8 Å². The summed E-state index contributed by atoms with van der Waals surface area (Å²) < 4.78 is 11.1. The Balaban J connectivity index is 1.36. The number of rotatable bonds is 5. The van der Waals surface area contributed by atoms with Crippen LogP contribution in [0.1, 0.15) is 30.6 Å². The Morgan fingerprint density at radius 3 is 2.86 bits per heavy atom. The summed E-state index contributed by atoms with van der Waals surface area (Å²) in [4.78, 5) is 30.9. The molecule has 0 aliphatic carbocycles. The molecule has 28 heavy (non-hydrogen) atoms. The molecule has 2 atom stereocenters.